The van der Waals surface area contributed by atoms with Gasteiger partial charge in [-0.1, -0.05) is 126 Å². The van der Waals surface area contributed by atoms with Gasteiger partial charge in [0.2, 0.25) is 0 Å². The number of aromatic carboxylic acids is 2. The van der Waals surface area contributed by atoms with Crippen molar-refractivity contribution in [1.29, 1.82) is 0 Å². The van der Waals surface area contributed by atoms with Crippen molar-refractivity contribution in [2.75, 3.05) is 0 Å². The molecule has 2 N–H and O–H groups in total. The second-order valence-corrected chi connectivity index (χ2v) is 29.5. The van der Waals surface area contributed by atoms with Gasteiger partial charge in [-0.05, 0) is 126 Å². The molecular formula is C122H82Ir4N12O4-. The van der Waals surface area contributed by atoms with Crippen molar-refractivity contribution in [3.63, 3.8) is 0 Å². The average molecular weight is 2550 g/mol. The molecule has 16 nitrogen and oxygen atoms in total. The molecule has 0 spiro atoms. The van der Waals surface area contributed by atoms with Gasteiger partial charge >= 0.3 is 72.3 Å². The van der Waals surface area contributed by atoms with Crippen LogP contribution in [0.15, 0.2) is 486 Å². The zero-order valence-electron chi connectivity index (χ0n) is 75.6. The van der Waals surface area contributed by atoms with E-state index >= 15 is 0 Å². The van der Waals surface area contributed by atoms with Gasteiger partial charge in [-0.15, -0.1) is 210 Å². The summed E-state index contributed by atoms with van der Waals surface area (Å²) in [6, 6.07) is 174. The van der Waals surface area contributed by atoms with Crippen molar-refractivity contribution in [1.82, 2.24) is 59.8 Å². The molecule has 20 heteroatoms. The summed E-state index contributed by atoms with van der Waals surface area (Å²) < 4.78 is 0. The van der Waals surface area contributed by atoms with Gasteiger partial charge in [0.1, 0.15) is 11.4 Å². The van der Waals surface area contributed by atoms with Crippen LogP contribution in [0.2, 0.25) is 0 Å². The fourth-order valence-electron chi connectivity index (χ4n) is 13.4. The quantitative estimate of drug-likeness (QED) is 0.0857. The third-order valence-electron chi connectivity index (χ3n) is 20.0. The Kier molecular flexibility index (Phi) is 43.0. The Hall–Kier alpha value is -16.5. The van der Waals surface area contributed by atoms with E-state index < -0.39 is 11.9 Å². The first-order chi connectivity index (χ1) is 68.1. The molecule has 10 aromatic carbocycles. The molecule has 0 atom stereocenters. The molecule has 0 aliphatic carbocycles. The summed E-state index contributed by atoms with van der Waals surface area (Å²) in [7, 11) is 0. The molecule has 0 bridgehead atoms. The minimum absolute atomic E-state index is 0. The molecule has 12 heterocycles. The Balaban J connectivity index is 0.000000155. The van der Waals surface area contributed by atoms with Crippen LogP contribution >= 0.6 is 0 Å². The van der Waals surface area contributed by atoms with Crippen molar-refractivity contribution < 1.29 is 100 Å². The van der Waals surface area contributed by atoms with E-state index in [2.05, 4.69) is 133 Å². The Morgan fingerprint density at radius 3 is 0.556 bits per heavy atom. The van der Waals surface area contributed by atoms with Crippen molar-refractivity contribution >= 4 is 11.9 Å². The molecule has 0 saturated carbocycles. The summed E-state index contributed by atoms with van der Waals surface area (Å²) in [6.45, 7) is 0. The normalized spacial score (nSPS) is 9.86. The van der Waals surface area contributed by atoms with Gasteiger partial charge in [0.25, 0.3) is 0 Å². The molecule has 12 aromatic heterocycles. The Bertz CT molecular complexity index is 5900. The summed E-state index contributed by atoms with van der Waals surface area (Å²) in [4.78, 5) is 72.7. The number of carboxylic acids is 2. The number of hydrogen-bond donors (Lipinski definition) is 2. The van der Waals surface area contributed by atoms with E-state index in [0.717, 1.165) is 158 Å². The van der Waals surface area contributed by atoms with Gasteiger partial charge in [0, 0.05) is 80.6 Å². The number of pyridine rings is 12. The molecule has 22 aromatic rings. The number of carboxylic acid groups (broad SMARTS) is 2. The van der Waals surface area contributed by atoms with Gasteiger partial charge in [-0.3, -0.25) is 44.9 Å². The topological polar surface area (TPSA) is 229 Å². The standard InChI is InChI=1S/C18H11.2C17H11N.3C16H11N2.C15H11N3.C7H5NO4.4Ir/c1-3-8-15(9-4-1)17-12-7-13-18(14-17)16-10-5-2-6-11-16;1-3-8-14(9-4-1)16-12-7-13-17(18-16)15-10-5-2-6-11-15;1-2-7-14(8-3-1)15-9-6-10-16(13-15)17-11-4-5-12-18-17;1-3-10-17-15(8-1)13-6-5-7-14(12-13)16-9-2-4-11-18-16;2*1-2-7-13(8-3-1)14-10-6-11-16(18-14)15-9-4-5-12-17-15;1-3-10-16-12(6-1)14-8-5-9-15(18-14)13-7-2-4-11-17-13;9-6(10)4-2-1-3-5(8-4)7(11)12;;;;/h2*1-8,10,12-13H;1-7,9-12H;1-11H;2*1-7,9-12H;1-11H;1-3H,(H,9,10)(H,11,12);;;;/q-3;2*-2;3*-1;;;;3*+3. The molecule has 0 aliphatic rings. The average Bonchev–Trinajstić information content (AvgIpc) is 0.862. The number of carbonyl (C=O) groups is 2. The molecule has 1 radical (unpaired) electrons. The Morgan fingerprint density at radius 1 is 0.162 bits per heavy atom. The minimum atomic E-state index is -1.24. The molecule has 0 aliphatic heterocycles. The van der Waals surface area contributed by atoms with E-state index in [-0.39, 0.29) is 91.8 Å². The van der Waals surface area contributed by atoms with E-state index in [0.29, 0.717) is 0 Å². The van der Waals surface area contributed by atoms with Crippen LogP contribution in [-0.4, -0.2) is 82.0 Å². The zero-order chi connectivity index (χ0) is 94.6. The maximum atomic E-state index is 10.3. The molecule has 142 heavy (non-hydrogen) atoms. The van der Waals surface area contributed by atoms with Crippen LogP contribution in [0.25, 0.3) is 158 Å². The molecule has 0 amide bonds. The van der Waals surface area contributed by atoms with E-state index in [4.69, 9.17) is 10.2 Å². The van der Waals surface area contributed by atoms with Gasteiger partial charge < -0.3 is 15.2 Å². The van der Waals surface area contributed by atoms with Crippen molar-refractivity contribution in [3.05, 3.63) is 558 Å². The first kappa shape index (κ1) is 106. The molecule has 22 rings (SSSR count). The number of nitrogens with zero attached hydrogens (tertiary/aromatic N) is 12. The van der Waals surface area contributed by atoms with Gasteiger partial charge in [0.15, 0.2) is 0 Å². The number of hydrogen-bond acceptors (Lipinski definition) is 14. The van der Waals surface area contributed by atoms with Crippen LogP contribution in [0, 0.1) is 60.7 Å². The number of rotatable bonds is 16. The maximum Gasteiger partial charge on any atom is 3.00 e. The van der Waals surface area contributed by atoms with Crippen molar-refractivity contribution in [2.45, 2.75) is 0 Å². The van der Waals surface area contributed by atoms with Gasteiger partial charge in [-0.2, -0.15) is 103 Å². The maximum absolute atomic E-state index is 10.3. The zero-order valence-corrected chi connectivity index (χ0v) is 85.2. The molecule has 0 unspecified atom stereocenters. The number of aromatic nitrogens is 12. The third kappa shape index (κ3) is 32.3. The van der Waals surface area contributed by atoms with E-state index in [1.54, 1.807) is 43.4 Å². The second-order valence-electron chi connectivity index (χ2n) is 29.5. The molecule has 0 saturated heterocycles. The van der Waals surface area contributed by atoms with E-state index in [1.165, 1.54) is 18.2 Å². The summed E-state index contributed by atoms with van der Waals surface area (Å²) in [5.41, 5.74) is 26.3. The first-order valence-electron chi connectivity index (χ1n) is 43.7. The van der Waals surface area contributed by atoms with Crippen LogP contribution < -0.4 is 0 Å². The number of benzene rings is 10. The minimum Gasteiger partial charge on any atom is -0.477 e. The van der Waals surface area contributed by atoms with Gasteiger partial charge in [0.05, 0.1) is 45.6 Å². The summed E-state index contributed by atoms with van der Waals surface area (Å²) in [5, 5.41) is 16.9. The van der Waals surface area contributed by atoms with E-state index in [9.17, 15) is 9.59 Å². The van der Waals surface area contributed by atoms with Crippen LogP contribution in [0.5, 0.6) is 0 Å². The van der Waals surface area contributed by atoms with Crippen molar-refractivity contribution in [2.24, 2.45) is 0 Å². The Morgan fingerprint density at radius 2 is 0.331 bits per heavy atom. The summed E-state index contributed by atoms with van der Waals surface area (Å²) in [5.74, 6) is -2.48. The summed E-state index contributed by atoms with van der Waals surface area (Å²) >= 11 is 0. The predicted octanol–water partition coefficient (Wildman–Crippen LogP) is 27.0. The summed E-state index contributed by atoms with van der Waals surface area (Å²) in [6.07, 6.45) is 12.5. The molecular weight excluding hydrogens is 2470 g/mol. The molecule has 691 valence electrons. The van der Waals surface area contributed by atoms with E-state index in [1.807, 2.05) is 413 Å². The first-order valence-corrected chi connectivity index (χ1v) is 43.7. The largest absolute Gasteiger partial charge is 3.00 e. The van der Waals surface area contributed by atoms with Crippen LogP contribution in [0.1, 0.15) is 21.0 Å². The van der Waals surface area contributed by atoms with Crippen LogP contribution in [0.3, 0.4) is 0 Å². The molecule has 0 fully saturated rings. The van der Waals surface area contributed by atoms with Crippen LogP contribution in [-0.2, 0) is 80.4 Å². The third-order valence-corrected chi connectivity index (χ3v) is 20.0. The van der Waals surface area contributed by atoms with Crippen LogP contribution in [0.4, 0.5) is 0 Å². The second kappa shape index (κ2) is 57.7. The predicted molar refractivity (Wildman–Crippen MR) is 543 cm³/mol. The Labute approximate surface area is 880 Å². The smallest absolute Gasteiger partial charge is 0.477 e. The monoisotopic (exact) mass is 2550 g/mol. The fourth-order valence-corrected chi connectivity index (χ4v) is 13.4. The van der Waals surface area contributed by atoms with Crippen molar-refractivity contribution in [3.8, 4) is 158 Å². The fraction of sp³-hybridized carbons (Fsp3) is 0. The SMILES string of the molecule is O=C(O)c1cccc(C(=O)O)n1.[Ir+3].[Ir+3].[Ir+3].[Ir].[c-]1c(-c2ccccn2)cccc1-c1ccccn1.[c-]1ccccc1-c1[c-]c(-c2[c-]cccc2)ccc1.[c-]1ccccc1-c1[c-]c(-c2ccccn2)ccc1.[c-]1ccccc1-c1cccc(-c2[c-]cccc2)n1.[c-]1ccccc1-c1cccc(-c2ccccn2)n1.[c-]1ccccc1-c1cccc(-c2ccccn2)n1.c1ccc(-c2cccc(-c3ccccn3)n2)nc1. The van der Waals surface area contributed by atoms with Gasteiger partial charge in [-0.25, -0.2) is 53.4 Å².